The van der Waals surface area contributed by atoms with Crippen LogP contribution in [0.15, 0.2) is 30.3 Å². The fourth-order valence-electron chi connectivity index (χ4n) is 2.33. The number of ether oxygens (including phenoxy) is 1. The second-order valence-corrected chi connectivity index (χ2v) is 4.99. The van der Waals surface area contributed by atoms with E-state index in [9.17, 15) is 4.79 Å². The lowest BCUT2D eigenvalue weighted by Crippen LogP contribution is -2.29. The molecule has 1 aromatic rings. The fourth-order valence-corrected chi connectivity index (χ4v) is 2.33. The van der Waals surface area contributed by atoms with Crippen LogP contribution < -0.4 is 11.1 Å². The van der Waals surface area contributed by atoms with E-state index in [0.717, 1.165) is 31.4 Å². The topological polar surface area (TPSA) is 64.4 Å². The molecule has 0 saturated carbocycles. The molecule has 104 valence electrons. The first-order chi connectivity index (χ1) is 9.25. The van der Waals surface area contributed by atoms with Gasteiger partial charge in [-0.15, -0.1) is 0 Å². The molecule has 3 N–H and O–H groups in total. The Hall–Kier alpha value is -1.39. The van der Waals surface area contributed by atoms with Crippen molar-refractivity contribution in [3.8, 4) is 0 Å². The second kappa shape index (κ2) is 7.26. The molecule has 2 atom stereocenters. The van der Waals surface area contributed by atoms with Crippen LogP contribution in [0.2, 0.25) is 0 Å². The van der Waals surface area contributed by atoms with Crippen molar-refractivity contribution in [1.29, 1.82) is 0 Å². The Kier molecular flexibility index (Phi) is 5.36. The highest BCUT2D eigenvalue weighted by atomic mass is 16.5. The molecule has 19 heavy (non-hydrogen) atoms. The molecule has 0 bridgehead atoms. The largest absolute Gasteiger partial charge is 0.378 e. The zero-order valence-corrected chi connectivity index (χ0v) is 11.2. The Morgan fingerprint density at radius 1 is 1.42 bits per heavy atom. The molecule has 4 heteroatoms. The van der Waals surface area contributed by atoms with E-state index in [1.807, 2.05) is 30.3 Å². The van der Waals surface area contributed by atoms with Gasteiger partial charge in [0.05, 0.1) is 6.10 Å². The maximum absolute atomic E-state index is 11.8. The summed E-state index contributed by atoms with van der Waals surface area (Å²) >= 11 is 0. The fraction of sp³-hybridized carbons (Fsp3) is 0.533. The van der Waals surface area contributed by atoms with E-state index in [0.29, 0.717) is 19.1 Å². The van der Waals surface area contributed by atoms with Crippen molar-refractivity contribution in [3.05, 3.63) is 35.9 Å². The molecule has 0 aromatic heterocycles. The number of hydrogen-bond donors (Lipinski definition) is 2. The zero-order chi connectivity index (χ0) is 13.5. The van der Waals surface area contributed by atoms with E-state index in [1.165, 1.54) is 0 Å². The standard InChI is InChI=1S/C15H22N2O2/c16-14(12-5-2-1-3-6-12)11-15(18)17-9-8-13-7-4-10-19-13/h1-3,5-6,13-14H,4,7-11,16H2,(H,17,18). The van der Waals surface area contributed by atoms with Gasteiger partial charge in [0.2, 0.25) is 5.91 Å². The van der Waals surface area contributed by atoms with E-state index in [1.54, 1.807) is 0 Å². The van der Waals surface area contributed by atoms with Crippen LogP contribution >= 0.6 is 0 Å². The van der Waals surface area contributed by atoms with E-state index < -0.39 is 0 Å². The van der Waals surface area contributed by atoms with Gasteiger partial charge in [-0.05, 0) is 24.8 Å². The Morgan fingerprint density at radius 2 is 2.21 bits per heavy atom. The van der Waals surface area contributed by atoms with Gasteiger partial charge in [-0.25, -0.2) is 0 Å². The minimum atomic E-state index is -0.232. The van der Waals surface area contributed by atoms with Crippen LogP contribution in [0.4, 0.5) is 0 Å². The van der Waals surface area contributed by atoms with Crippen LogP contribution in [-0.4, -0.2) is 25.2 Å². The SMILES string of the molecule is NC(CC(=O)NCCC1CCCO1)c1ccccc1. The number of hydrogen-bond acceptors (Lipinski definition) is 3. The summed E-state index contributed by atoms with van der Waals surface area (Å²) in [5.41, 5.74) is 7.00. The molecule has 0 spiro atoms. The average molecular weight is 262 g/mol. The monoisotopic (exact) mass is 262 g/mol. The third kappa shape index (κ3) is 4.65. The number of carbonyl (C=O) groups is 1. The molecule has 1 saturated heterocycles. The van der Waals surface area contributed by atoms with Crippen LogP contribution in [0.5, 0.6) is 0 Å². The van der Waals surface area contributed by atoms with Crippen LogP contribution in [0.25, 0.3) is 0 Å². The highest BCUT2D eigenvalue weighted by Gasteiger charge is 2.16. The van der Waals surface area contributed by atoms with E-state index in [2.05, 4.69) is 5.32 Å². The van der Waals surface area contributed by atoms with E-state index in [-0.39, 0.29) is 11.9 Å². The van der Waals surface area contributed by atoms with Gasteiger partial charge in [0.15, 0.2) is 0 Å². The summed E-state index contributed by atoms with van der Waals surface area (Å²) in [4.78, 5) is 11.8. The first kappa shape index (κ1) is 14.0. The predicted molar refractivity (Wildman–Crippen MR) is 74.6 cm³/mol. The number of amides is 1. The summed E-state index contributed by atoms with van der Waals surface area (Å²) in [6.07, 6.45) is 3.79. The van der Waals surface area contributed by atoms with E-state index in [4.69, 9.17) is 10.5 Å². The highest BCUT2D eigenvalue weighted by Crippen LogP contribution is 2.15. The zero-order valence-electron chi connectivity index (χ0n) is 11.2. The third-order valence-corrected chi connectivity index (χ3v) is 3.45. The number of nitrogens with two attached hydrogens (primary N) is 1. The van der Waals surface area contributed by atoms with Gasteiger partial charge in [-0.3, -0.25) is 4.79 Å². The molecular formula is C15H22N2O2. The predicted octanol–water partition coefficient (Wildman–Crippen LogP) is 1.76. The summed E-state index contributed by atoms with van der Waals surface area (Å²) < 4.78 is 5.51. The summed E-state index contributed by atoms with van der Waals surface area (Å²) in [6.45, 7) is 1.53. The molecule has 1 aromatic carbocycles. The third-order valence-electron chi connectivity index (χ3n) is 3.45. The van der Waals surface area contributed by atoms with Crippen molar-refractivity contribution in [2.45, 2.75) is 37.8 Å². The van der Waals surface area contributed by atoms with Crippen molar-refractivity contribution in [2.24, 2.45) is 5.73 Å². The molecule has 1 aliphatic rings. The average Bonchev–Trinajstić information content (AvgIpc) is 2.93. The lowest BCUT2D eigenvalue weighted by atomic mass is 10.0. The molecule has 1 aliphatic heterocycles. The molecule has 2 rings (SSSR count). The lowest BCUT2D eigenvalue weighted by Gasteiger charge is -2.13. The maximum Gasteiger partial charge on any atom is 0.221 e. The van der Waals surface area contributed by atoms with E-state index >= 15 is 0 Å². The molecular weight excluding hydrogens is 240 g/mol. The maximum atomic E-state index is 11.8. The number of nitrogens with one attached hydrogen (secondary N) is 1. The molecule has 1 fully saturated rings. The number of carbonyl (C=O) groups excluding carboxylic acids is 1. The van der Waals surface area contributed by atoms with Crippen LogP contribution in [0, 0.1) is 0 Å². The number of rotatable bonds is 6. The molecule has 1 amide bonds. The first-order valence-corrected chi connectivity index (χ1v) is 6.94. The normalized spacial score (nSPS) is 20.2. The number of benzene rings is 1. The summed E-state index contributed by atoms with van der Waals surface area (Å²) in [5, 5.41) is 2.91. The Bertz CT molecular complexity index is 388. The van der Waals surface area contributed by atoms with Gasteiger partial charge in [0.1, 0.15) is 0 Å². The van der Waals surface area contributed by atoms with Gasteiger partial charge in [0.25, 0.3) is 0 Å². The van der Waals surface area contributed by atoms with Crippen LogP contribution in [0.3, 0.4) is 0 Å². The molecule has 0 aliphatic carbocycles. The second-order valence-electron chi connectivity index (χ2n) is 4.99. The van der Waals surface area contributed by atoms with Gasteiger partial charge < -0.3 is 15.8 Å². The molecule has 0 radical (unpaired) electrons. The van der Waals surface area contributed by atoms with Crippen molar-refractivity contribution in [1.82, 2.24) is 5.32 Å². The molecule has 4 nitrogen and oxygen atoms in total. The van der Waals surface area contributed by atoms with Crippen molar-refractivity contribution >= 4 is 5.91 Å². The van der Waals surface area contributed by atoms with Crippen LogP contribution in [-0.2, 0) is 9.53 Å². The summed E-state index contributed by atoms with van der Waals surface area (Å²) in [6, 6.07) is 9.48. The van der Waals surface area contributed by atoms with Gasteiger partial charge >= 0.3 is 0 Å². The smallest absolute Gasteiger partial charge is 0.221 e. The Labute approximate surface area is 114 Å². The minimum absolute atomic E-state index is 0.00866. The minimum Gasteiger partial charge on any atom is -0.378 e. The highest BCUT2D eigenvalue weighted by molar-refractivity contribution is 5.76. The molecule has 1 heterocycles. The van der Waals surface area contributed by atoms with Gasteiger partial charge in [0, 0.05) is 25.6 Å². The van der Waals surface area contributed by atoms with Gasteiger partial charge in [-0.1, -0.05) is 30.3 Å². The van der Waals surface area contributed by atoms with Crippen molar-refractivity contribution < 1.29 is 9.53 Å². The van der Waals surface area contributed by atoms with Crippen LogP contribution in [0.1, 0.15) is 37.3 Å². The van der Waals surface area contributed by atoms with Crippen molar-refractivity contribution in [3.63, 3.8) is 0 Å². The Balaban J connectivity index is 1.66. The lowest BCUT2D eigenvalue weighted by molar-refractivity contribution is -0.121. The molecule has 2 unspecified atom stereocenters. The summed E-state index contributed by atoms with van der Waals surface area (Å²) in [5.74, 6) is 0.00866. The van der Waals surface area contributed by atoms with Crippen molar-refractivity contribution in [2.75, 3.05) is 13.2 Å². The Morgan fingerprint density at radius 3 is 2.89 bits per heavy atom. The quantitative estimate of drug-likeness (QED) is 0.821. The summed E-state index contributed by atoms with van der Waals surface area (Å²) in [7, 11) is 0. The van der Waals surface area contributed by atoms with Gasteiger partial charge in [-0.2, -0.15) is 0 Å². The first-order valence-electron chi connectivity index (χ1n) is 6.94.